The first-order chi connectivity index (χ1) is 7.30. The van der Waals surface area contributed by atoms with E-state index in [0.29, 0.717) is 11.8 Å². The Hall–Kier alpha value is -0.990. The predicted molar refractivity (Wildman–Crippen MR) is 72.3 cm³/mol. The maximum absolute atomic E-state index is 6.03. The van der Waals surface area contributed by atoms with E-state index in [1.807, 2.05) is 26.8 Å². The van der Waals surface area contributed by atoms with Crippen molar-refractivity contribution in [3.63, 3.8) is 0 Å². The summed E-state index contributed by atoms with van der Waals surface area (Å²) in [6.45, 7) is 10.4. The topological polar surface area (TPSA) is 64.4 Å². The highest BCUT2D eigenvalue weighted by molar-refractivity contribution is 5.92. The van der Waals surface area contributed by atoms with E-state index in [2.05, 4.69) is 18.8 Å². The van der Waals surface area contributed by atoms with Crippen LogP contribution < -0.4 is 11.5 Å². The lowest BCUT2D eigenvalue weighted by Crippen LogP contribution is -2.21. The number of nitrogens with zero attached hydrogens (tertiary/aromatic N) is 1. The molecule has 0 spiro atoms. The minimum absolute atomic E-state index is 0.146. The van der Waals surface area contributed by atoms with Crippen molar-refractivity contribution in [1.82, 2.24) is 0 Å². The molecule has 0 aromatic rings. The fraction of sp³-hybridized carbons (Fsp3) is 0.769. The summed E-state index contributed by atoms with van der Waals surface area (Å²) in [4.78, 5) is 4.36. The Labute approximate surface area is 100 Å². The van der Waals surface area contributed by atoms with Crippen molar-refractivity contribution in [3.8, 4) is 0 Å². The molecule has 0 aromatic carbocycles. The molecule has 4 N–H and O–H groups in total. The van der Waals surface area contributed by atoms with Gasteiger partial charge in [0.15, 0.2) is 0 Å². The molecule has 16 heavy (non-hydrogen) atoms. The summed E-state index contributed by atoms with van der Waals surface area (Å²) < 4.78 is 0. The fourth-order valence-corrected chi connectivity index (χ4v) is 1.66. The van der Waals surface area contributed by atoms with E-state index in [1.54, 1.807) is 0 Å². The van der Waals surface area contributed by atoms with E-state index in [-0.39, 0.29) is 5.54 Å². The molecule has 3 nitrogen and oxygen atoms in total. The molecule has 0 amide bonds. The molecule has 0 saturated heterocycles. The van der Waals surface area contributed by atoms with Gasteiger partial charge in [-0.05, 0) is 45.6 Å². The number of aliphatic imine (C=N–C) groups is 1. The standard InChI is InChI=1S/C13H27N3/c1-6-8-10(7-2)11(14)9-12(15)16-13(3,4)5/h9-10H,6-8,14H2,1-5H3,(H2,15,16)/b11-9-. The van der Waals surface area contributed by atoms with Crippen LogP contribution in [0.15, 0.2) is 16.8 Å². The number of hydrogen-bond donors (Lipinski definition) is 2. The fourth-order valence-electron chi connectivity index (χ4n) is 1.66. The van der Waals surface area contributed by atoms with Crippen molar-refractivity contribution >= 4 is 5.84 Å². The summed E-state index contributed by atoms with van der Waals surface area (Å²) in [5.41, 5.74) is 12.6. The lowest BCUT2D eigenvalue weighted by Gasteiger charge is -2.16. The van der Waals surface area contributed by atoms with E-state index in [1.165, 1.54) is 0 Å². The number of allylic oxidation sites excluding steroid dienone is 1. The molecular formula is C13H27N3. The summed E-state index contributed by atoms with van der Waals surface area (Å²) in [5.74, 6) is 0.957. The summed E-state index contributed by atoms with van der Waals surface area (Å²) in [6.07, 6.45) is 5.12. The average Bonchev–Trinajstić information content (AvgIpc) is 2.10. The lowest BCUT2D eigenvalue weighted by atomic mass is 9.97. The van der Waals surface area contributed by atoms with Crippen molar-refractivity contribution in [2.24, 2.45) is 22.4 Å². The van der Waals surface area contributed by atoms with Crippen LogP contribution in [-0.2, 0) is 0 Å². The third-order valence-corrected chi connectivity index (χ3v) is 2.38. The molecule has 1 unspecified atom stereocenters. The Balaban J connectivity index is 4.68. The van der Waals surface area contributed by atoms with Crippen molar-refractivity contribution in [2.75, 3.05) is 0 Å². The van der Waals surface area contributed by atoms with Crippen LogP contribution in [0.4, 0.5) is 0 Å². The normalized spacial score (nSPS) is 16.3. The molecule has 94 valence electrons. The summed E-state index contributed by atoms with van der Waals surface area (Å²) in [5, 5.41) is 0. The molecule has 0 aliphatic rings. The van der Waals surface area contributed by atoms with E-state index >= 15 is 0 Å². The van der Waals surface area contributed by atoms with Crippen LogP contribution in [0.3, 0.4) is 0 Å². The maximum Gasteiger partial charge on any atom is 0.120 e. The van der Waals surface area contributed by atoms with Crippen LogP contribution in [0, 0.1) is 5.92 Å². The second kappa shape index (κ2) is 6.56. The maximum atomic E-state index is 6.03. The largest absolute Gasteiger partial charge is 0.402 e. The predicted octanol–water partition coefficient (Wildman–Crippen LogP) is 2.81. The zero-order valence-electron chi connectivity index (χ0n) is 11.4. The Kier molecular flexibility index (Phi) is 6.16. The third kappa shape index (κ3) is 6.49. The molecule has 3 heteroatoms. The van der Waals surface area contributed by atoms with Crippen molar-refractivity contribution in [2.45, 2.75) is 59.4 Å². The number of amidine groups is 1. The molecule has 0 rings (SSSR count). The van der Waals surface area contributed by atoms with Crippen molar-refractivity contribution in [3.05, 3.63) is 11.8 Å². The van der Waals surface area contributed by atoms with Crippen LogP contribution >= 0.6 is 0 Å². The third-order valence-electron chi connectivity index (χ3n) is 2.38. The van der Waals surface area contributed by atoms with Gasteiger partial charge in [0.05, 0.1) is 5.54 Å². The van der Waals surface area contributed by atoms with E-state index in [0.717, 1.165) is 25.0 Å². The Bertz CT molecular complexity index is 259. The Morgan fingerprint density at radius 3 is 2.19 bits per heavy atom. The van der Waals surface area contributed by atoms with Gasteiger partial charge in [-0.25, -0.2) is 0 Å². The summed E-state index contributed by atoms with van der Waals surface area (Å²) >= 11 is 0. The molecule has 0 bridgehead atoms. The smallest absolute Gasteiger partial charge is 0.120 e. The van der Waals surface area contributed by atoms with Crippen molar-refractivity contribution < 1.29 is 0 Å². The van der Waals surface area contributed by atoms with E-state index in [9.17, 15) is 0 Å². The van der Waals surface area contributed by atoms with E-state index in [4.69, 9.17) is 11.5 Å². The van der Waals surface area contributed by atoms with Gasteiger partial charge in [-0.3, -0.25) is 4.99 Å². The van der Waals surface area contributed by atoms with Crippen LogP contribution in [-0.4, -0.2) is 11.4 Å². The highest BCUT2D eigenvalue weighted by atomic mass is 14.9. The van der Waals surface area contributed by atoms with Gasteiger partial charge >= 0.3 is 0 Å². The van der Waals surface area contributed by atoms with Gasteiger partial charge < -0.3 is 11.5 Å². The minimum atomic E-state index is -0.146. The van der Waals surface area contributed by atoms with Gasteiger partial charge in [0, 0.05) is 5.70 Å². The van der Waals surface area contributed by atoms with Gasteiger partial charge in [-0.1, -0.05) is 20.3 Å². The first kappa shape index (κ1) is 15.0. The lowest BCUT2D eigenvalue weighted by molar-refractivity contribution is 0.529. The highest BCUT2D eigenvalue weighted by Gasteiger charge is 2.10. The van der Waals surface area contributed by atoms with Gasteiger partial charge in [0.2, 0.25) is 0 Å². The number of hydrogen-bond acceptors (Lipinski definition) is 2. The van der Waals surface area contributed by atoms with Crippen LogP contribution in [0.25, 0.3) is 0 Å². The number of nitrogens with two attached hydrogens (primary N) is 2. The molecular weight excluding hydrogens is 198 g/mol. The molecule has 0 aliphatic carbocycles. The molecule has 0 heterocycles. The average molecular weight is 225 g/mol. The van der Waals surface area contributed by atoms with Crippen LogP contribution in [0.2, 0.25) is 0 Å². The molecule has 0 fully saturated rings. The van der Waals surface area contributed by atoms with Gasteiger partial charge in [-0.2, -0.15) is 0 Å². The summed E-state index contributed by atoms with van der Waals surface area (Å²) in [7, 11) is 0. The first-order valence-corrected chi connectivity index (χ1v) is 6.12. The first-order valence-electron chi connectivity index (χ1n) is 6.12. The summed E-state index contributed by atoms with van der Waals surface area (Å²) in [6, 6.07) is 0. The number of rotatable bonds is 5. The Morgan fingerprint density at radius 1 is 1.25 bits per heavy atom. The second-order valence-electron chi connectivity index (χ2n) is 5.25. The van der Waals surface area contributed by atoms with E-state index < -0.39 is 0 Å². The zero-order valence-corrected chi connectivity index (χ0v) is 11.4. The second-order valence-corrected chi connectivity index (χ2v) is 5.25. The monoisotopic (exact) mass is 225 g/mol. The SMILES string of the molecule is CCCC(CC)/C(N)=C/C(N)=NC(C)(C)C. The molecule has 0 aliphatic heterocycles. The van der Waals surface area contributed by atoms with Gasteiger partial charge in [0.25, 0.3) is 0 Å². The zero-order chi connectivity index (χ0) is 12.8. The molecule has 0 saturated carbocycles. The molecule has 1 atom stereocenters. The molecule has 0 radical (unpaired) electrons. The van der Waals surface area contributed by atoms with Gasteiger partial charge in [-0.15, -0.1) is 0 Å². The minimum Gasteiger partial charge on any atom is -0.402 e. The Morgan fingerprint density at radius 2 is 1.81 bits per heavy atom. The van der Waals surface area contributed by atoms with Crippen LogP contribution in [0.5, 0.6) is 0 Å². The molecule has 0 aromatic heterocycles. The van der Waals surface area contributed by atoms with Crippen LogP contribution in [0.1, 0.15) is 53.9 Å². The van der Waals surface area contributed by atoms with Crippen molar-refractivity contribution in [1.29, 1.82) is 0 Å². The van der Waals surface area contributed by atoms with Gasteiger partial charge in [0.1, 0.15) is 5.84 Å². The quantitative estimate of drug-likeness (QED) is 0.558. The highest BCUT2D eigenvalue weighted by Crippen LogP contribution is 2.17.